The van der Waals surface area contributed by atoms with Crippen molar-refractivity contribution in [1.29, 1.82) is 0 Å². The number of nitrogens with zero attached hydrogens (tertiary/aromatic N) is 1. The van der Waals surface area contributed by atoms with Crippen molar-refractivity contribution in [3.63, 3.8) is 0 Å². The first kappa shape index (κ1) is 14.6. The lowest BCUT2D eigenvalue weighted by atomic mass is 9.79. The van der Waals surface area contributed by atoms with Gasteiger partial charge in [0.05, 0.1) is 6.61 Å². The van der Waals surface area contributed by atoms with Crippen LogP contribution in [0.4, 0.5) is 0 Å². The molecule has 3 aliphatic heterocycles. The van der Waals surface area contributed by atoms with Gasteiger partial charge in [0.25, 0.3) is 0 Å². The molecule has 21 heavy (non-hydrogen) atoms. The van der Waals surface area contributed by atoms with Crippen molar-refractivity contribution in [2.45, 2.75) is 32.6 Å². The van der Waals surface area contributed by atoms with Gasteiger partial charge < -0.3 is 9.64 Å². The van der Waals surface area contributed by atoms with E-state index < -0.39 is 0 Å². The fourth-order valence-electron chi connectivity index (χ4n) is 3.47. The number of rotatable bonds is 6. The molecule has 0 aliphatic carbocycles. The zero-order valence-corrected chi connectivity index (χ0v) is 13.1. The van der Waals surface area contributed by atoms with E-state index in [1.54, 1.807) is 0 Å². The molecule has 2 nitrogen and oxygen atoms in total. The van der Waals surface area contributed by atoms with Crippen molar-refractivity contribution >= 4 is 6.08 Å². The molecule has 0 aromatic heterocycles. The molecule has 4 rings (SSSR count). The Morgan fingerprint density at radius 1 is 1.19 bits per heavy atom. The maximum absolute atomic E-state index is 5.71. The van der Waals surface area contributed by atoms with E-state index in [-0.39, 0.29) is 0 Å². The zero-order valence-electron chi connectivity index (χ0n) is 13.1. The van der Waals surface area contributed by atoms with Crippen molar-refractivity contribution in [2.75, 3.05) is 26.2 Å². The van der Waals surface area contributed by atoms with E-state index in [0.717, 1.165) is 30.6 Å². The highest BCUT2D eigenvalue weighted by Gasteiger charge is 2.32. The SMILES string of the molecule is CCCCOc1ccc(/C=C\C2CN3CCC2CC3)cc1. The summed E-state index contributed by atoms with van der Waals surface area (Å²) in [7, 11) is 0. The van der Waals surface area contributed by atoms with E-state index in [1.165, 1.54) is 44.5 Å². The van der Waals surface area contributed by atoms with Gasteiger partial charge in [-0.3, -0.25) is 0 Å². The molecule has 1 aromatic rings. The van der Waals surface area contributed by atoms with Crippen molar-refractivity contribution in [1.82, 2.24) is 4.90 Å². The Kier molecular flexibility index (Phi) is 4.97. The third-order valence-electron chi connectivity index (χ3n) is 4.89. The van der Waals surface area contributed by atoms with Crippen molar-refractivity contribution in [3.05, 3.63) is 35.9 Å². The van der Waals surface area contributed by atoms with Gasteiger partial charge in [-0.2, -0.15) is 0 Å². The number of hydrogen-bond acceptors (Lipinski definition) is 2. The van der Waals surface area contributed by atoms with Gasteiger partial charge in [-0.15, -0.1) is 0 Å². The topological polar surface area (TPSA) is 12.5 Å². The lowest BCUT2D eigenvalue weighted by molar-refractivity contribution is 0.0740. The van der Waals surface area contributed by atoms with Crippen LogP contribution in [0.25, 0.3) is 6.08 Å². The third kappa shape index (κ3) is 3.88. The van der Waals surface area contributed by atoms with Gasteiger partial charge in [0.2, 0.25) is 0 Å². The summed E-state index contributed by atoms with van der Waals surface area (Å²) in [5, 5.41) is 0. The molecule has 3 saturated heterocycles. The minimum atomic E-state index is 0.757. The molecule has 0 spiro atoms. The molecule has 1 unspecified atom stereocenters. The van der Waals surface area contributed by atoms with Gasteiger partial charge in [0, 0.05) is 6.54 Å². The first-order chi connectivity index (χ1) is 10.3. The maximum atomic E-state index is 5.71. The highest BCUT2D eigenvalue weighted by atomic mass is 16.5. The minimum absolute atomic E-state index is 0.757. The molecule has 3 aliphatic rings. The zero-order chi connectivity index (χ0) is 14.5. The Bertz CT molecular complexity index is 457. The molecule has 1 atom stereocenters. The van der Waals surface area contributed by atoms with Crippen LogP contribution in [0.2, 0.25) is 0 Å². The quantitative estimate of drug-likeness (QED) is 0.726. The Morgan fingerprint density at radius 3 is 2.57 bits per heavy atom. The summed E-state index contributed by atoms with van der Waals surface area (Å²) < 4.78 is 5.71. The number of hydrogen-bond donors (Lipinski definition) is 0. The van der Waals surface area contributed by atoms with E-state index in [0.29, 0.717) is 0 Å². The molecular weight excluding hydrogens is 258 g/mol. The van der Waals surface area contributed by atoms with Gasteiger partial charge in [0.1, 0.15) is 5.75 Å². The molecule has 1 aromatic carbocycles. The first-order valence-electron chi connectivity index (χ1n) is 8.48. The van der Waals surface area contributed by atoms with Gasteiger partial charge in [-0.05, 0) is 61.9 Å². The molecule has 3 fully saturated rings. The van der Waals surface area contributed by atoms with Crippen molar-refractivity contribution < 1.29 is 4.74 Å². The predicted octanol–water partition coefficient (Wildman–Crippen LogP) is 4.22. The summed E-state index contributed by atoms with van der Waals surface area (Å²) in [4.78, 5) is 2.61. The second-order valence-corrected chi connectivity index (χ2v) is 6.43. The smallest absolute Gasteiger partial charge is 0.119 e. The normalized spacial score (nSPS) is 28.1. The van der Waals surface area contributed by atoms with Crippen LogP contribution in [0.3, 0.4) is 0 Å². The average molecular weight is 285 g/mol. The summed E-state index contributed by atoms with van der Waals surface area (Å²) >= 11 is 0. The van der Waals surface area contributed by atoms with Crippen LogP contribution in [0.15, 0.2) is 30.3 Å². The Hall–Kier alpha value is -1.28. The summed E-state index contributed by atoms with van der Waals surface area (Å²) in [5.41, 5.74) is 1.29. The molecule has 2 bridgehead atoms. The second-order valence-electron chi connectivity index (χ2n) is 6.43. The molecule has 3 heterocycles. The van der Waals surface area contributed by atoms with Crippen LogP contribution < -0.4 is 4.74 Å². The van der Waals surface area contributed by atoms with Crippen LogP contribution >= 0.6 is 0 Å². The Morgan fingerprint density at radius 2 is 1.95 bits per heavy atom. The molecule has 0 saturated carbocycles. The second kappa shape index (κ2) is 7.13. The summed E-state index contributed by atoms with van der Waals surface area (Å²) in [6, 6.07) is 8.51. The van der Waals surface area contributed by atoms with Crippen LogP contribution in [0.1, 0.15) is 38.2 Å². The fourth-order valence-corrected chi connectivity index (χ4v) is 3.47. The van der Waals surface area contributed by atoms with E-state index in [1.807, 2.05) is 0 Å². The van der Waals surface area contributed by atoms with E-state index >= 15 is 0 Å². The van der Waals surface area contributed by atoms with Gasteiger partial charge in [-0.25, -0.2) is 0 Å². The summed E-state index contributed by atoms with van der Waals surface area (Å²) in [5.74, 6) is 2.67. The average Bonchev–Trinajstić information content (AvgIpc) is 2.55. The molecule has 2 heteroatoms. The van der Waals surface area contributed by atoms with Crippen molar-refractivity contribution in [2.24, 2.45) is 11.8 Å². The number of unbranched alkanes of at least 4 members (excludes halogenated alkanes) is 1. The van der Waals surface area contributed by atoms with Crippen LogP contribution in [0, 0.1) is 11.8 Å². The van der Waals surface area contributed by atoms with Gasteiger partial charge >= 0.3 is 0 Å². The van der Waals surface area contributed by atoms with E-state index in [9.17, 15) is 0 Å². The summed E-state index contributed by atoms with van der Waals surface area (Å²) in [6.07, 6.45) is 9.81. The summed E-state index contributed by atoms with van der Waals surface area (Å²) in [6.45, 7) is 6.91. The minimum Gasteiger partial charge on any atom is -0.494 e. The van der Waals surface area contributed by atoms with Gasteiger partial charge in [0.15, 0.2) is 0 Å². The highest BCUT2D eigenvalue weighted by molar-refractivity contribution is 5.51. The largest absolute Gasteiger partial charge is 0.494 e. The van der Waals surface area contributed by atoms with Crippen LogP contribution in [-0.4, -0.2) is 31.1 Å². The Balaban J connectivity index is 1.54. The van der Waals surface area contributed by atoms with Crippen LogP contribution in [-0.2, 0) is 0 Å². The van der Waals surface area contributed by atoms with Crippen LogP contribution in [0.5, 0.6) is 5.75 Å². The predicted molar refractivity (Wildman–Crippen MR) is 88.5 cm³/mol. The lowest BCUT2D eigenvalue weighted by Crippen LogP contribution is -2.46. The molecule has 0 N–H and O–H groups in total. The monoisotopic (exact) mass is 285 g/mol. The Labute approximate surface area is 128 Å². The van der Waals surface area contributed by atoms with E-state index in [4.69, 9.17) is 4.74 Å². The molecule has 0 radical (unpaired) electrons. The number of ether oxygens (including phenoxy) is 1. The van der Waals surface area contributed by atoms with Crippen molar-refractivity contribution in [3.8, 4) is 5.75 Å². The standard InChI is InChI=1S/C19H27NO/c1-2-3-14-21-19-8-5-16(6-9-19)4-7-18-15-20-12-10-17(18)11-13-20/h4-9,17-18H,2-3,10-15H2,1H3/b7-4-. The number of fused-ring (bicyclic) bond motifs is 3. The molecular formula is C19H27NO. The number of piperidine rings is 3. The highest BCUT2D eigenvalue weighted by Crippen LogP contribution is 2.33. The molecule has 114 valence electrons. The maximum Gasteiger partial charge on any atom is 0.119 e. The first-order valence-corrected chi connectivity index (χ1v) is 8.48. The lowest BCUT2D eigenvalue weighted by Gasteiger charge is -2.43. The fraction of sp³-hybridized carbons (Fsp3) is 0.579. The number of benzene rings is 1. The third-order valence-corrected chi connectivity index (χ3v) is 4.89. The van der Waals surface area contributed by atoms with E-state index in [2.05, 4.69) is 48.2 Å². The van der Waals surface area contributed by atoms with Gasteiger partial charge in [-0.1, -0.05) is 37.6 Å². The molecule has 0 amide bonds.